The van der Waals surface area contributed by atoms with Crippen LogP contribution in [-0.4, -0.2) is 59.7 Å². The van der Waals surface area contributed by atoms with E-state index in [-0.39, 0.29) is 24.1 Å². The average molecular weight is 356 g/mol. The van der Waals surface area contributed by atoms with Gasteiger partial charge in [0.2, 0.25) is 11.8 Å². The van der Waals surface area contributed by atoms with E-state index in [2.05, 4.69) is 15.5 Å². The normalized spacial score (nSPS) is 26.3. The van der Waals surface area contributed by atoms with E-state index in [1.807, 2.05) is 25.2 Å². The second kappa shape index (κ2) is 6.81. The Kier molecular flexibility index (Phi) is 4.50. The van der Waals surface area contributed by atoms with Crippen LogP contribution < -0.4 is 10.6 Å². The molecule has 2 atom stereocenters. The van der Waals surface area contributed by atoms with Crippen LogP contribution in [0.4, 0.5) is 0 Å². The number of likely N-dealkylation sites (N-methyl/N-ethyl adjacent to an activating group) is 1. The third-order valence-electron chi connectivity index (χ3n) is 5.71. The summed E-state index contributed by atoms with van der Waals surface area (Å²) >= 11 is 0. The second-order valence-electron chi connectivity index (χ2n) is 7.36. The number of nitrogens with one attached hydrogen (secondary N) is 2. The number of imide groups is 1. The molecule has 0 aromatic heterocycles. The van der Waals surface area contributed by atoms with Gasteiger partial charge in [0.1, 0.15) is 6.04 Å². The molecule has 2 fully saturated rings. The maximum Gasteiger partial charge on any atom is 0.255 e. The highest BCUT2D eigenvalue weighted by Crippen LogP contribution is 2.30. The highest BCUT2D eigenvalue weighted by Gasteiger charge is 2.40. The summed E-state index contributed by atoms with van der Waals surface area (Å²) in [5.74, 6) is -0.709. The molecule has 0 saturated carbocycles. The predicted octanol–water partition coefficient (Wildman–Crippen LogP) is 0.241. The van der Waals surface area contributed by atoms with Gasteiger partial charge in [-0.1, -0.05) is 18.2 Å². The zero-order valence-corrected chi connectivity index (χ0v) is 15.0. The van der Waals surface area contributed by atoms with Crippen LogP contribution in [-0.2, 0) is 22.7 Å². The molecule has 2 N–H and O–H groups in total. The van der Waals surface area contributed by atoms with Crippen LogP contribution in [0.15, 0.2) is 18.2 Å². The fraction of sp³-hybridized carbons (Fsp3) is 0.526. The summed E-state index contributed by atoms with van der Waals surface area (Å²) < 4.78 is 0. The molecule has 3 heterocycles. The van der Waals surface area contributed by atoms with Gasteiger partial charge in [0.25, 0.3) is 5.91 Å². The van der Waals surface area contributed by atoms with Crippen molar-refractivity contribution in [2.45, 2.75) is 44.4 Å². The molecule has 26 heavy (non-hydrogen) atoms. The molecule has 0 spiro atoms. The van der Waals surface area contributed by atoms with Crippen LogP contribution >= 0.6 is 0 Å². The van der Waals surface area contributed by atoms with Crippen molar-refractivity contribution in [2.75, 3.05) is 20.1 Å². The monoisotopic (exact) mass is 356 g/mol. The van der Waals surface area contributed by atoms with Crippen molar-refractivity contribution < 1.29 is 14.4 Å². The topological polar surface area (TPSA) is 81.8 Å². The van der Waals surface area contributed by atoms with Gasteiger partial charge in [-0.3, -0.25) is 24.6 Å². The number of rotatable bonds is 4. The highest BCUT2D eigenvalue weighted by molar-refractivity contribution is 6.05. The number of piperidine rings is 1. The molecule has 1 unspecified atom stereocenters. The lowest BCUT2D eigenvalue weighted by atomic mass is 10.0. The van der Waals surface area contributed by atoms with Crippen molar-refractivity contribution in [1.82, 2.24) is 20.4 Å². The Morgan fingerprint density at radius 3 is 2.81 bits per heavy atom. The number of benzene rings is 1. The highest BCUT2D eigenvalue weighted by atomic mass is 16.2. The Bertz CT molecular complexity index is 763. The molecule has 138 valence electrons. The first kappa shape index (κ1) is 17.2. The first-order chi connectivity index (χ1) is 12.6. The summed E-state index contributed by atoms with van der Waals surface area (Å²) in [5, 5.41) is 5.66. The van der Waals surface area contributed by atoms with E-state index in [1.54, 1.807) is 4.90 Å². The molecule has 4 rings (SSSR count). The minimum atomic E-state index is -0.555. The maximum atomic E-state index is 13.1. The fourth-order valence-corrected chi connectivity index (χ4v) is 4.27. The van der Waals surface area contributed by atoms with E-state index >= 15 is 0 Å². The van der Waals surface area contributed by atoms with Gasteiger partial charge in [0.05, 0.1) is 0 Å². The molecule has 0 bridgehead atoms. The van der Waals surface area contributed by atoms with E-state index in [0.29, 0.717) is 19.0 Å². The fourth-order valence-electron chi connectivity index (χ4n) is 4.27. The van der Waals surface area contributed by atoms with E-state index in [1.165, 1.54) is 0 Å². The van der Waals surface area contributed by atoms with Crippen molar-refractivity contribution in [3.63, 3.8) is 0 Å². The molecule has 3 amide bonds. The second-order valence-corrected chi connectivity index (χ2v) is 7.36. The number of fused-ring (bicyclic) bond motifs is 1. The summed E-state index contributed by atoms with van der Waals surface area (Å²) in [6, 6.07) is 5.91. The van der Waals surface area contributed by atoms with Crippen LogP contribution in [0, 0.1) is 0 Å². The Hall–Kier alpha value is -2.25. The summed E-state index contributed by atoms with van der Waals surface area (Å²) in [4.78, 5) is 40.6. The Labute approximate surface area is 152 Å². The lowest BCUT2D eigenvalue weighted by Crippen LogP contribution is -2.52. The Morgan fingerprint density at radius 1 is 1.23 bits per heavy atom. The molecule has 2 saturated heterocycles. The number of hydrogen-bond donors (Lipinski definition) is 2. The largest absolute Gasteiger partial charge is 0.322 e. The summed E-state index contributed by atoms with van der Waals surface area (Å²) in [6.07, 6.45) is 1.79. The quantitative estimate of drug-likeness (QED) is 0.756. The molecule has 0 radical (unpaired) electrons. The van der Waals surface area contributed by atoms with Crippen molar-refractivity contribution >= 4 is 17.7 Å². The van der Waals surface area contributed by atoms with Gasteiger partial charge in [-0.15, -0.1) is 0 Å². The van der Waals surface area contributed by atoms with E-state index in [4.69, 9.17) is 0 Å². The van der Waals surface area contributed by atoms with E-state index < -0.39 is 6.04 Å². The Morgan fingerprint density at radius 2 is 2.08 bits per heavy atom. The molecule has 7 heteroatoms. The van der Waals surface area contributed by atoms with Crippen LogP contribution in [0.5, 0.6) is 0 Å². The number of likely N-dealkylation sites (tertiary alicyclic amines) is 1. The molecule has 3 aliphatic heterocycles. The summed E-state index contributed by atoms with van der Waals surface area (Å²) in [7, 11) is 1.98. The summed E-state index contributed by atoms with van der Waals surface area (Å²) in [5.41, 5.74) is 2.74. The summed E-state index contributed by atoms with van der Waals surface area (Å²) in [6.45, 7) is 3.18. The zero-order chi connectivity index (χ0) is 18.3. The lowest BCUT2D eigenvalue weighted by Gasteiger charge is -2.29. The van der Waals surface area contributed by atoms with Crippen molar-refractivity contribution in [2.24, 2.45) is 0 Å². The minimum Gasteiger partial charge on any atom is -0.322 e. The van der Waals surface area contributed by atoms with Gasteiger partial charge in [-0.25, -0.2) is 0 Å². The maximum absolute atomic E-state index is 13.1. The van der Waals surface area contributed by atoms with Crippen molar-refractivity contribution in [3.8, 4) is 0 Å². The first-order valence-corrected chi connectivity index (χ1v) is 9.22. The van der Waals surface area contributed by atoms with Crippen molar-refractivity contribution in [3.05, 3.63) is 34.9 Å². The third-order valence-corrected chi connectivity index (χ3v) is 5.71. The molecule has 0 aliphatic carbocycles. The van der Waals surface area contributed by atoms with Gasteiger partial charge in [0.15, 0.2) is 0 Å². The zero-order valence-electron chi connectivity index (χ0n) is 15.0. The number of carbonyl (C=O) groups excluding carboxylic acids is 3. The van der Waals surface area contributed by atoms with E-state index in [9.17, 15) is 14.4 Å². The molecular formula is C19H24N4O3. The van der Waals surface area contributed by atoms with Gasteiger partial charge >= 0.3 is 0 Å². The molecule has 7 nitrogen and oxygen atoms in total. The average Bonchev–Trinajstić information content (AvgIpc) is 3.20. The number of hydrogen-bond acceptors (Lipinski definition) is 5. The number of amides is 3. The molecular weight excluding hydrogens is 332 g/mol. The van der Waals surface area contributed by atoms with Crippen LogP contribution in [0.1, 0.15) is 40.7 Å². The molecule has 1 aromatic rings. The van der Waals surface area contributed by atoms with Gasteiger partial charge in [0, 0.05) is 44.2 Å². The van der Waals surface area contributed by atoms with Crippen molar-refractivity contribution in [1.29, 1.82) is 0 Å². The Balaban J connectivity index is 1.53. The van der Waals surface area contributed by atoms with Crippen LogP contribution in [0.25, 0.3) is 0 Å². The van der Waals surface area contributed by atoms with Crippen LogP contribution in [0.2, 0.25) is 0 Å². The standard InChI is InChI=1S/C19H24N4O3/c1-20-14-7-8-22(11-14)9-12-3-2-4-13-10-23(19(26)17(12)13)15-5-6-16(24)21-18(15)25/h2-4,14-15,20H,5-11H2,1H3,(H,21,24,25)/t14-,15?/m0/s1. The molecule has 1 aromatic carbocycles. The third kappa shape index (κ3) is 3.01. The van der Waals surface area contributed by atoms with Gasteiger partial charge in [-0.05, 0) is 31.0 Å². The SMILES string of the molecule is CN[C@H]1CCN(Cc2cccc3c2C(=O)N(C2CCC(=O)NC2=O)C3)C1. The van der Waals surface area contributed by atoms with E-state index in [0.717, 1.165) is 42.7 Å². The number of carbonyl (C=O) groups is 3. The predicted molar refractivity (Wildman–Crippen MR) is 95.2 cm³/mol. The molecule has 3 aliphatic rings. The van der Waals surface area contributed by atoms with Crippen LogP contribution in [0.3, 0.4) is 0 Å². The lowest BCUT2D eigenvalue weighted by molar-refractivity contribution is -0.136. The van der Waals surface area contributed by atoms with Gasteiger partial charge < -0.3 is 10.2 Å². The minimum absolute atomic E-state index is 0.0885. The smallest absolute Gasteiger partial charge is 0.255 e. The van der Waals surface area contributed by atoms with Gasteiger partial charge in [-0.2, -0.15) is 0 Å². The first-order valence-electron chi connectivity index (χ1n) is 9.22. The number of nitrogens with zero attached hydrogens (tertiary/aromatic N) is 2.